The van der Waals surface area contributed by atoms with E-state index in [0.29, 0.717) is 23.7 Å². The quantitative estimate of drug-likeness (QED) is 0.391. The molecule has 5 nitrogen and oxygen atoms in total. The van der Waals surface area contributed by atoms with Crippen LogP contribution in [0.4, 0.5) is 0 Å². The van der Waals surface area contributed by atoms with E-state index < -0.39 is 5.97 Å². The molecule has 0 heterocycles. The SMILES string of the molecule is CCOc1cc(/C=C(/C#N)C(=O)OCc2ccccc2)ccc1OC(C)C. The number of nitriles is 1. The molecule has 0 saturated heterocycles. The van der Waals surface area contributed by atoms with Crippen molar-refractivity contribution in [1.29, 1.82) is 5.26 Å². The van der Waals surface area contributed by atoms with Crippen LogP contribution in [-0.2, 0) is 16.1 Å². The molecule has 2 aromatic carbocycles. The van der Waals surface area contributed by atoms with Crippen molar-refractivity contribution in [2.75, 3.05) is 6.61 Å². The average Bonchev–Trinajstić information content (AvgIpc) is 2.66. The summed E-state index contributed by atoms with van der Waals surface area (Å²) in [6.45, 7) is 6.33. The van der Waals surface area contributed by atoms with Gasteiger partial charge in [0.15, 0.2) is 11.5 Å². The normalized spacial score (nSPS) is 11.0. The lowest BCUT2D eigenvalue weighted by Gasteiger charge is -2.15. The van der Waals surface area contributed by atoms with Crippen molar-refractivity contribution in [1.82, 2.24) is 0 Å². The van der Waals surface area contributed by atoms with Gasteiger partial charge >= 0.3 is 5.97 Å². The van der Waals surface area contributed by atoms with Gasteiger partial charge in [-0.25, -0.2) is 4.79 Å². The first-order chi connectivity index (χ1) is 13.0. The van der Waals surface area contributed by atoms with E-state index in [1.165, 1.54) is 6.08 Å². The Balaban J connectivity index is 2.16. The number of esters is 1. The third-order valence-corrected chi connectivity index (χ3v) is 3.49. The molecule has 0 unspecified atom stereocenters. The number of benzene rings is 2. The van der Waals surface area contributed by atoms with Crippen LogP contribution in [0.2, 0.25) is 0 Å². The Morgan fingerprint density at radius 1 is 1.15 bits per heavy atom. The van der Waals surface area contributed by atoms with Gasteiger partial charge in [-0.05, 0) is 50.1 Å². The van der Waals surface area contributed by atoms with Crippen LogP contribution in [0.3, 0.4) is 0 Å². The lowest BCUT2D eigenvalue weighted by atomic mass is 10.1. The zero-order valence-corrected chi connectivity index (χ0v) is 15.8. The van der Waals surface area contributed by atoms with E-state index >= 15 is 0 Å². The third kappa shape index (κ3) is 6.19. The molecule has 2 aromatic rings. The van der Waals surface area contributed by atoms with Crippen LogP contribution in [0.15, 0.2) is 54.1 Å². The van der Waals surface area contributed by atoms with Crippen molar-refractivity contribution < 1.29 is 19.0 Å². The Labute approximate surface area is 159 Å². The Hall–Kier alpha value is -3.26. The molecule has 0 bridgehead atoms. The smallest absolute Gasteiger partial charge is 0.349 e. The largest absolute Gasteiger partial charge is 0.490 e. The first kappa shape index (κ1) is 20.1. The van der Waals surface area contributed by atoms with Crippen molar-refractivity contribution in [3.8, 4) is 17.6 Å². The van der Waals surface area contributed by atoms with Crippen molar-refractivity contribution in [2.24, 2.45) is 0 Å². The van der Waals surface area contributed by atoms with Gasteiger partial charge in [-0.1, -0.05) is 36.4 Å². The molecule has 27 heavy (non-hydrogen) atoms. The van der Waals surface area contributed by atoms with Crippen LogP contribution in [0.25, 0.3) is 6.08 Å². The summed E-state index contributed by atoms with van der Waals surface area (Å²) in [5.41, 5.74) is 1.44. The van der Waals surface area contributed by atoms with Crippen LogP contribution >= 0.6 is 0 Å². The fraction of sp³-hybridized carbons (Fsp3) is 0.273. The van der Waals surface area contributed by atoms with Crippen molar-refractivity contribution in [3.05, 3.63) is 65.2 Å². The molecule has 0 aliphatic rings. The summed E-state index contributed by atoms with van der Waals surface area (Å²) < 4.78 is 16.5. The van der Waals surface area contributed by atoms with E-state index in [2.05, 4.69) is 0 Å². The molecular formula is C22H23NO4. The van der Waals surface area contributed by atoms with Gasteiger partial charge in [-0.3, -0.25) is 0 Å². The number of rotatable bonds is 8. The molecule has 0 fully saturated rings. The molecule has 0 amide bonds. The van der Waals surface area contributed by atoms with E-state index in [4.69, 9.17) is 14.2 Å². The number of carbonyl (C=O) groups is 1. The number of hydrogen-bond acceptors (Lipinski definition) is 5. The van der Waals surface area contributed by atoms with Gasteiger partial charge in [0, 0.05) is 0 Å². The monoisotopic (exact) mass is 365 g/mol. The number of nitrogens with zero attached hydrogens (tertiary/aromatic N) is 1. The Morgan fingerprint density at radius 3 is 2.52 bits per heavy atom. The van der Waals surface area contributed by atoms with Gasteiger partial charge in [-0.15, -0.1) is 0 Å². The Bertz CT molecular complexity index is 835. The fourth-order valence-corrected chi connectivity index (χ4v) is 2.34. The van der Waals surface area contributed by atoms with Crippen molar-refractivity contribution >= 4 is 12.0 Å². The summed E-state index contributed by atoms with van der Waals surface area (Å²) in [5.74, 6) is 0.519. The van der Waals surface area contributed by atoms with E-state index in [0.717, 1.165) is 5.56 Å². The summed E-state index contributed by atoms with van der Waals surface area (Å²) in [7, 11) is 0. The van der Waals surface area contributed by atoms with Gasteiger partial charge in [-0.2, -0.15) is 5.26 Å². The first-order valence-electron chi connectivity index (χ1n) is 8.79. The summed E-state index contributed by atoms with van der Waals surface area (Å²) >= 11 is 0. The van der Waals surface area contributed by atoms with E-state index in [1.807, 2.05) is 57.2 Å². The molecular weight excluding hydrogens is 342 g/mol. The maximum Gasteiger partial charge on any atom is 0.349 e. The predicted octanol–water partition coefficient (Wildman–Crippen LogP) is 4.52. The summed E-state index contributed by atoms with van der Waals surface area (Å²) in [5, 5.41) is 9.33. The number of hydrogen-bond donors (Lipinski definition) is 0. The first-order valence-corrected chi connectivity index (χ1v) is 8.79. The van der Waals surface area contributed by atoms with E-state index in [1.54, 1.807) is 18.2 Å². The minimum absolute atomic E-state index is 0.00762. The zero-order valence-electron chi connectivity index (χ0n) is 15.8. The zero-order chi connectivity index (χ0) is 19.6. The number of carbonyl (C=O) groups excluding carboxylic acids is 1. The highest BCUT2D eigenvalue weighted by atomic mass is 16.5. The molecule has 0 atom stereocenters. The lowest BCUT2D eigenvalue weighted by molar-refractivity contribution is -0.139. The summed E-state index contributed by atoms with van der Waals surface area (Å²) in [6, 6.07) is 16.5. The third-order valence-electron chi connectivity index (χ3n) is 3.49. The predicted molar refractivity (Wildman–Crippen MR) is 103 cm³/mol. The van der Waals surface area contributed by atoms with Crippen molar-refractivity contribution in [3.63, 3.8) is 0 Å². The molecule has 0 radical (unpaired) electrons. The molecule has 0 spiro atoms. The van der Waals surface area contributed by atoms with E-state index in [-0.39, 0.29) is 18.3 Å². The standard InChI is InChI=1S/C22H23NO4/c1-4-25-21-13-18(10-11-20(21)27-16(2)3)12-19(14-23)22(24)26-15-17-8-6-5-7-9-17/h5-13,16H,4,15H2,1-3H3/b19-12-. The topological polar surface area (TPSA) is 68.5 Å². The molecule has 0 N–H and O–H groups in total. The minimum Gasteiger partial charge on any atom is -0.490 e. The molecule has 5 heteroatoms. The van der Waals surface area contributed by atoms with Gasteiger partial charge < -0.3 is 14.2 Å². The maximum absolute atomic E-state index is 12.2. The molecule has 140 valence electrons. The van der Waals surface area contributed by atoms with Crippen LogP contribution in [0, 0.1) is 11.3 Å². The molecule has 0 aliphatic carbocycles. The fourth-order valence-electron chi connectivity index (χ4n) is 2.34. The van der Waals surface area contributed by atoms with E-state index in [9.17, 15) is 10.1 Å². The highest BCUT2D eigenvalue weighted by Crippen LogP contribution is 2.30. The Kier molecular flexibility index (Phi) is 7.45. The second-order valence-corrected chi connectivity index (χ2v) is 6.04. The van der Waals surface area contributed by atoms with Gasteiger partial charge in [0.25, 0.3) is 0 Å². The average molecular weight is 365 g/mol. The van der Waals surface area contributed by atoms with Gasteiger partial charge in [0.05, 0.1) is 12.7 Å². The van der Waals surface area contributed by atoms with Crippen LogP contribution in [-0.4, -0.2) is 18.7 Å². The minimum atomic E-state index is -0.665. The second kappa shape index (κ2) is 10.0. The highest BCUT2D eigenvalue weighted by molar-refractivity contribution is 5.97. The molecule has 0 aromatic heterocycles. The Morgan fingerprint density at radius 2 is 1.89 bits per heavy atom. The molecule has 2 rings (SSSR count). The van der Waals surface area contributed by atoms with Gasteiger partial charge in [0.2, 0.25) is 0 Å². The summed E-state index contributed by atoms with van der Waals surface area (Å²) in [4.78, 5) is 12.2. The van der Waals surface area contributed by atoms with Crippen LogP contribution in [0.5, 0.6) is 11.5 Å². The second-order valence-electron chi connectivity index (χ2n) is 6.04. The highest BCUT2D eigenvalue weighted by Gasteiger charge is 2.13. The molecule has 0 saturated carbocycles. The lowest BCUT2D eigenvalue weighted by Crippen LogP contribution is -2.08. The van der Waals surface area contributed by atoms with Crippen LogP contribution < -0.4 is 9.47 Å². The molecule has 0 aliphatic heterocycles. The maximum atomic E-state index is 12.2. The van der Waals surface area contributed by atoms with Crippen LogP contribution in [0.1, 0.15) is 31.9 Å². The number of ether oxygens (including phenoxy) is 3. The van der Waals surface area contributed by atoms with Gasteiger partial charge in [0.1, 0.15) is 18.2 Å². The van der Waals surface area contributed by atoms with Crippen molar-refractivity contribution in [2.45, 2.75) is 33.5 Å². The summed E-state index contributed by atoms with van der Waals surface area (Å²) in [6.07, 6.45) is 1.49.